The number of aliphatic imine (C=N–C) groups is 1. The van der Waals surface area contributed by atoms with Gasteiger partial charge in [0.05, 0.1) is 12.6 Å². The Hall–Kier alpha value is -0.330. The zero-order chi connectivity index (χ0) is 21.3. The summed E-state index contributed by atoms with van der Waals surface area (Å²) in [4.78, 5) is 10.8. The van der Waals surface area contributed by atoms with E-state index in [0.717, 1.165) is 77.5 Å². The Kier molecular flexibility index (Phi) is 12.9. The van der Waals surface area contributed by atoms with Gasteiger partial charge >= 0.3 is 6.18 Å². The van der Waals surface area contributed by atoms with Crippen LogP contribution in [0.4, 0.5) is 13.2 Å². The lowest BCUT2D eigenvalue weighted by Crippen LogP contribution is -2.42. The molecule has 2 fully saturated rings. The first kappa shape index (κ1) is 27.7. The van der Waals surface area contributed by atoms with E-state index in [9.17, 15) is 18.3 Å². The number of hydrogen-bond acceptors (Lipinski definition) is 4. The second-order valence-corrected chi connectivity index (χ2v) is 8.21. The molecule has 0 aromatic rings. The number of halogens is 4. The molecule has 0 aromatic heterocycles. The Labute approximate surface area is 196 Å². The first-order valence-electron chi connectivity index (χ1n) is 11.0. The molecule has 178 valence electrons. The molecule has 2 aliphatic heterocycles. The van der Waals surface area contributed by atoms with Gasteiger partial charge < -0.3 is 20.2 Å². The van der Waals surface area contributed by atoms with Crippen molar-refractivity contribution in [3.63, 3.8) is 0 Å². The number of nitrogens with one attached hydrogen (secondary N) is 1. The molecule has 10 heteroatoms. The second-order valence-electron chi connectivity index (χ2n) is 8.21. The molecule has 30 heavy (non-hydrogen) atoms. The maximum absolute atomic E-state index is 12.7. The van der Waals surface area contributed by atoms with Crippen LogP contribution in [0.3, 0.4) is 0 Å². The molecule has 1 atom stereocenters. The molecule has 0 bridgehead atoms. The zero-order valence-electron chi connectivity index (χ0n) is 18.3. The minimum atomic E-state index is -4.14. The van der Waals surface area contributed by atoms with Crippen LogP contribution in [-0.2, 0) is 0 Å². The molecule has 0 aromatic carbocycles. The summed E-state index contributed by atoms with van der Waals surface area (Å²) >= 11 is 0. The quantitative estimate of drug-likeness (QED) is 0.201. The van der Waals surface area contributed by atoms with E-state index in [-0.39, 0.29) is 36.0 Å². The minimum Gasteiger partial charge on any atom is -0.393 e. The Bertz CT molecular complexity index is 501. The molecule has 2 rings (SSSR count). The van der Waals surface area contributed by atoms with Crippen molar-refractivity contribution in [1.29, 1.82) is 0 Å². The summed E-state index contributed by atoms with van der Waals surface area (Å²) in [6.07, 6.45) is -0.717. The lowest BCUT2D eigenvalue weighted by Gasteiger charge is -2.29. The predicted octanol–water partition coefficient (Wildman–Crippen LogP) is 2.62. The lowest BCUT2D eigenvalue weighted by atomic mass is 10.1. The van der Waals surface area contributed by atoms with E-state index in [1.54, 1.807) is 6.92 Å². The van der Waals surface area contributed by atoms with Gasteiger partial charge in [-0.3, -0.25) is 9.89 Å². The van der Waals surface area contributed by atoms with Gasteiger partial charge in [-0.25, -0.2) is 0 Å². The van der Waals surface area contributed by atoms with Gasteiger partial charge in [0.25, 0.3) is 0 Å². The number of aliphatic hydroxyl groups excluding tert-OH is 1. The zero-order valence-corrected chi connectivity index (χ0v) is 20.7. The molecular formula is C20H39F3IN5O. The highest BCUT2D eigenvalue weighted by Gasteiger charge is 2.33. The van der Waals surface area contributed by atoms with Crippen LogP contribution >= 0.6 is 24.0 Å². The van der Waals surface area contributed by atoms with Crippen molar-refractivity contribution in [3.05, 3.63) is 0 Å². The highest BCUT2D eigenvalue weighted by Crippen LogP contribution is 2.21. The Morgan fingerprint density at radius 1 is 1.17 bits per heavy atom. The first-order chi connectivity index (χ1) is 13.8. The number of aliphatic hydroxyl groups is 1. The molecule has 2 heterocycles. The lowest BCUT2D eigenvalue weighted by molar-refractivity contribution is -0.146. The average Bonchev–Trinajstić information content (AvgIpc) is 3.12. The van der Waals surface area contributed by atoms with Crippen molar-refractivity contribution in [2.75, 3.05) is 65.4 Å². The number of hydrogen-bond donors (Lipinski definition) is 2. The fraction of sp³-hybridized carbons (Fsp3) is 0.950. The monoisotopic (exact) mass is 549 g/mol. The molecular weight excluding hydrogens is 510 g/mol. The summed E-state index contributed by atoms with van der Waals surface area (Å²) in [5, 5.41) is 12.9. The topological polar surface area (TPSA) is 54.3 Å². The van der Waals surface area contributed by atoms with Gasteiger partial charge in [0.2, 0.25) is 0 Å². The number of nitrogens with zero attached hydrogens (tertiary/aromatic N) is 4. The van der Waals surface area contributed by atoms with Crippen molar-refractivity contribution < 1.29 is 18.3 Å². The number of likely N-dealkylation sites (tertiary alicyclic amines) is 2. The molecule has 0 saturated carbocycles. The molecule has 0 aliphatic carbocycles. The van der Waals surface area contributed by atoms with E-state index in [4.69, 9.17) is 4.99 Å². The number of rotatable bonds is 9. The molecule has 2 saturated heterocycles. The van der Waals surface area contributed by atoms with Crippen molar-refractivity contribution >= 4 is 29.9 Å². The van der Waals surface area contributed by atoms with Crippen LogP contribution < -0.4 is 5.32 Å². The van der Waals surface area contributed by atoms with Gasteiger partial charge in [0.15, 0.2) is 5.96 Å². The Morgan fingerprint density at radius 2 is 1.87 bits per heavy atom. The third kappa shape index (κ3) is 10.3. The first-order valence-corrected chi connectivity index (χ1v) is 11.0. The van der Waals surface area contributed by atoms with Gasteiger partial charge in [-0.15, -0.1) is 24.0 Å². The van der Waals surface area contributed by atoms with Gasteiger partial charge in [0, 0.05) is 45.8 Å². The van der Waals surface area contributed by atoms with E-state index < -0.39 is 12.7 Å². The predicted molar refractivity (Wildman–Crippen MR) is 126 cm³/mol. The third-order valence-corrected chi connectivity index (χ3v) is 5.74. The maximum Gasteiger partial charge on any atom is 0.401 e. The largest absolute Gasteiger partial charge is 0.401 e. The van der Waals surface area contributed by atoms with Crippen LogP contribution in [0, 0.1) is 5.92 Å². The summed E-state index contributed by atoms with van der Waals surface area (Å²) in [6.45, 7) is 9.87. The van der Waals surface area contributed by atoms with Crippen LogP contribution in [0.2, 0.25) is 0 Å². The van der Waals surface area contributed by atoms with Gasteiger partial charge in [0.1, 0.15) is 0 Å². The van der Waals surface area contributed by atoms with Gasteiger partial charge in [-0.05, 0) is 51.6 Å². The van der Waals surface area contributed by atoms with Crippen molar-refractivity contribution in [3.8, 4) is 0 Å². The van der Waals surface area contributed by atoms with Crippen molar-refractivity contribution in [1.82, 2.24) is 20.0 Å². The normalized spacial score (nSPS) is 21.9. The van der Waals surface area contributed by atoms with E-state index >= 15 is 0 Å². The fourth-order valence-corrected chi connectivity index (χ4v) is 4.15. The Morgan fingerprint density at radius 3 is 2.47 bits per heavy atom. The number of guanidine groups is 1. The molecule has 0 amide bonds. The van der Waals surface area contributed by atoms with Crippen LogP contribution in [0.15, 0.2) is 4.99 Å². The second kappa shape index (κ2) is 13.9. The van der Waals surface area contributed by atoms with Crippen molar-refractivity contribution in [2.45, 2.75) is 51.8 Å². The van der Waals surface area contributed by atoms with Crippen LogP contribution in [-0.4, -0.2) is 103 Å². The highest BCUT2D eigenvalue weighted by molar-refractivity contribution is 14.0. The minimum absolute atomic E-state index is 0. The van der Waals surface area contributed by atoms with E-state index in [1.165, 1.54) is 4.90 Å². The van der Waals surface area contributed by atoms with E-state index in [2.05, 4.69) is 15.1 Å². The molecule has 2 aliphatic rings. The molecule has 1 unspecified atom stereocenters. The number of alkyl halides is 3. The average molecular weight is 549 g/mol. The fourth-order valence-electron chi connectivity index (χ4n) is 4.15. The molecule has 2 N–H and O–H groups in total. The maximum atomic E-state index is 12.7. The SMILES string of the molecule is CCNC(=NCCCN1CCC(O)CC1)N1CCC(CN(CC)CC(F)(F)F)C1.I. The molecule has 6 nitrogen and oxygen atoms in total. The summed E-state index contributed by atoms with van der Waals surface area (Å²) in [7, 11) is 0. The Balaban J connectivity index is 0.00000450. The smallest absolute Gasteiger partial charge is 0.393 e. The summed E-state index contributed by atoms with van der Waals surface area (Å²) in [6, 6.07) is 0. The standard InChI is InChI=1S/C20H38F3N5O.HI/c1-3-24-19(25-9-5-10-27-11-7-18(29)8-12-27)28-13-6-17(15-28)14-26(4-2)16-20(21,22)23;/h17-18,29H,3-16H2,1-2H3,(H,24,25);1H. The highest BCUT2D eigenvalue weighted by atomic mass is 127. The third-order valence-electron chi connectivity index (χ3n) is 5.74. The molecule has 0 radical (unpaired) electrons. The summed E-state index contributed by atoms with van der Waals surface area (Å²) in [5.41, 5.74) is 0. The van der Waals surface area contributed by atoms with E-state index in [1.807, 2.05) is 6.92 Å². The number of piperidine rings is 1. The van der Waals surface area contributed by atoms with Gasteiger partial charge in [-0.2, -0.15) is 13.2 Å². The van der Waals surface area contributed by atoms with Crippen molar-refractivity contribution in [2.24, 2.45) is 10.9 Å². The van der Waals surface area contributed by atoms with Gasteiger partial charge in [-0.1, -0.05) is 6.92 Å². The molecule has 0 spiro atoms. The van der Waals surface area contributed by atoms with Crippen LogP contribution in [0.5, 0.6) is 0 Å². The van der Waals surface area contributed by atoms with Crippen LogP contribution in [0.1, 0.15) is 39.5 Å². The van der Waals surface area contributed by atoms with E-state index in [0.29, 0.717) is 13.1 Å². The summed E-state index contributed by atoms with van der Waals surface area (Å²) in [5.74, 6) is 1.11. The summed E-state index contributed by atoms with van der Waals surface area (Å²) < 4.78 is 38.1. The van der Waals surface area contributed by atoms with Crippen LogP contribution in [0.25, 0.3) is 0 Å².